The number of hydrogen-bond donors (Lipinski definition) is 1. The lowest BCUT2D eigenvalue weighted by Crippen LogP contribution is -2.29. The van der Waals surface area contributed by atoms with Crippen LogP contribution < -0.4 is 4.74 Å². The maximum absolute atomic E-state index is 15.6. The number of rotatable bonds is 7. The summed E-state index contributed by atoms with van der Waals surface area (Å²) in [6, 6.07) is 10.8. The highest BCUT2D eigenvalue weighted by molar-refractivity contribution is 5.93. The number of benzene rings is 2. The molecule has 9 nitrogen and oxygen atoms in total. The van der Waals surface area contributed by atoms with Gasteiger partial charge in [0.15, 0.2) is 29.0 Å². The van der Waals surface area contributed by atoms with Crippen LogP contribution in [0, 0.1) is 26.6 Å². The summed E-state index contributed by atoms with van der Waals surface area (Å²) < 4.78 is 28.7. The zero-order valence-electron chi connectivity index (χ0n) is 25.6. The van der Waals surface area contributed by atoms with Crippen molar-refractivity contribution in [2.45, 2.75) is 72.6 Å². The molecule has 0 saturated heterocycles. The molecule has 1 N–H and O–H groups in total. The first-order valence-corrected chi connectivity index (χ1v) is 14.3. The lowest BCUT2D eigenvalue weighted by molar-refractivity contribution is -0.160. The van der Waals surface area contributed by atoms with Gasteiger partial charge in [-0.25, -0.2) is 18.7 Å². The summed E-state index contributed by atoms with van der Waals surface area (Å²) in [6.07, 6.45) is -0.0937. The molecule has 1 amide bonds. The average molecular weight is 589 g/mol. The van der Waals surface area contributed by atoms with Crippen LogP contribution in [0.4, 0.5) is 4.39 Å². The standard InChI is InChI=1S/C33H37FN4O5/c1-18-10-12-21(13-11-18)17-37(7)31(39)25-16-26-35-20(3)27(30(32(40)41)43-33(4,5)6)28(38(26)36-25)23-15-24(34)29-22(19(23)2)9-8-14-42-29/h10-13,15-16,30H,8-9,14,17H2,1-7H3,(H,40,41)/t30-/m0/s1. The minimum Gasteiger partial charge on any atom is -0.490 e. The Balaban J connectivity index is 1.72. The molecule has 0 radical (unpaired) electrons. The van der Waals surface area contributed by atoms with Crippen molar-refractivity contribution in [1.29, 1.82) is 0 Å². The molecule has 0 spiro atoms. The van der Waals surface area contributed by atoms with Gasteiger partial charge in [-0.2, -0.15) is 5.10 Å². The van der Waals surface area contributed by atoms with Gasteiger partial charge in [-0.1, -0.05) is 29.8 Å². The zero-order chi connectivity index (χ0) is 31.2. The maximum atomic E-state index is 15.6. The van der Waals surface area contributed by atoms with E-state index < -0.39 is 23.5 Å². The van der Waals surface area contributed by atoms with Crippen LogP contribution >= 0.6 is 0 Å². The van der Waals surface area contributed by atoms with Gasteiger partial charge >= 0.3 is 5.97 Å². The number of halogens is 1. The molecule has 226 valence electrons. The van der Waals surface area contributed by atoms with Crippen molar-refractivity contribution in [2.24, 2.45) is 0 Å². The Kier molecular flexibility index (Phi) is 8.00. The predicted octanol–water partition coefficient (Wildman–Crippen LogP) is 6.00. The van der Waals surface area contributed by atoms with Gasteiger partial charge in [0.25, 0.3) is 5.91 Å². The molecule has 10 heteroatoms. The number of nitrogens with zero attached hydrogens (tertiary/aromatic N) is 4. The third-order valence-corrected chi connectivity index (χ3v) is 7.58. The predicted molar refractivity (Wildman–Crippen MR) is 160 cm³/mol. The van der Waals surface area contributed by atoms with Crippen molar-refractivity contribution in [1.82, 2.24) is 19.5 Å². The first-order valence-electron chi connectivity index (χ1n) is 14.3. The molecule has 0 fully saturated rings. The number of fused-ring (bicyclic) bond motifs is 2. The molecule has 5 rings (SSSR count). The highest BCUT2D eigenvalue weighted by Crippen LogP contribution is 2.41. The summed E-state index contributed by atoms with van der Waals surface area (Å²) in [5.74, 6) is -1.89. The Morgan fingerprint density at radius 3 is 2.51 bits per heavy atom. The topological polar surface area (TPSA) is 106 Å². The molecular weight excluding hydrogens is 551 g/mol. The number of aliphatic carboxylic acids is 1. The van der Waals surface area contributed by atoms with E-state index in [-0.39, 0.29) is 22.9 Å². The Labute approximate surface area is 250 Å². The lowest BCUT2D eigenvalue weighted by atomic mass is 9.91. The molecule has 3 heterocycles. The second kappa shape index (κ2) is 11.4. The van der Waals surface area contributed by atoms with Crippen molar-refractivity contribution >= 4 is 17.5 Å². The van der Waals surface area contributed by atoms with Crippen molar-refractivity contribution < 1.29 is 28.6 Å². The highest BCUT2D eigenvalue weighted by Gasteiger charge is 2.35. The van der Waals surface area contributed by atoms with Crippen molar-refractivity contribution in [3.63, 3.8) is 0 Å². The number of amides is 1. The third-order valence-electron chi connectivity index (χ3n) is 7.58. The molecule has 0 aliphatic carbocycles. The van der Waals surface area contributed by atoms with Gasteiger partial charge in [-0.05, 0) is 71.6 Å². The van der Waals surface area contributed by atoms with E-state index >= 15 is 4.39 Å². The summed E-state index contributed by atoms with van der Waals surface area (Å²) in [7, 11) is 1.69. The molecule has 1 atom stereocenters. The van der Waals surface area contributed by atoms with Crippen LogP contribution in [-0.2, 0) is 22.5 Å². The Morgan fingerprint density at radius 1 is 1.16 bits per heavy atom. The molecule has 0 unspecified atom stereocenters. The number of carbonyl (C=O) groups excluding carboxylic acids is 1. The molecule has 0 bridgehead atoms. The van der Waals surface area contributed by atoms with E-state index in [1.54, 1.807) is 45.7 Å². The third kappa shape index (κ3) is 5.97. The van der Waals surface area contributed by atoms with Crippen molar-refractivity contribution in [3.8, 4) is 17.0 Å². The fraction of sp³-hybridized carbons (Fsp3) is 0.394. The average Bonchev–Trinajstić information content (AvgIpc) is 3.37. The number of aromatic nitrogens is 3. The normalized spacial score (nSPS) is 13.9. The number of carboxylic acids is 1. The van der Waals surface area contributed by atoms with E-state index in [4.69, 9.17) is 9.47 Å². The van der Waals surface area contributed by atoms with Gasteiger partial charge in [0.05, 0.1) is 17.9 Å². The van der Waals surface area contributed by atoms with Crippen LogP contribution in [0.1, 0.15) is 77.3 Å². The molecule has 1 aliphatic rings. The molecule has 43 heavy (non-hydrogen) atoms. The van der Waals surface area contributed by atoms with E-state index in [1.807, 2.05) is 38.1 Å². The molecule has 2 aromatic carbocycles. The minimum absolute atomic E-state index is 0.128. The molecule has 2 aromatic heterocycles. The number of aryl methyl sites for hydroxylation is 2. The number of hydrogen-bond acceptors (Lipinski definition) is 6. The minimum atomic E-state index is -1.44. The first-order chi connectivity index (χ1) is 20.2. The monoisotopic (exact) mass is 588 g/mol. The Morgan fingerprint density at radius 2 is 1.86 bits per heavy atom. The molecule has 0 saturated carbocycles. The van der Waals surface area contributed by atoms with Gasteiger partial charge in [-0.3, -0.25) is 4.79 Å². The maximum Gasteiger partial charge on any atom is 0.337 e. The van der Waals surface area contributed by atoms with Gasteiger partial charge in [0.2, 0.25) is 0 Å². The SMILES string of the molecule is Cc1ccc(CN(C)C(=O)c2cc3nc(C)c([C@H](OC(C)(C)C)C(=O)O)c(-c4cc(F)c5c(c4C)CCCO5)n3n2)cc1. The second-order valence-corrected chi connectivity index (χ2v) is 12.1. The van der Waals surface area contributed by atoms with Crippen LogP contribution in [0.25, 0.3) is 16.9 Å². The van der Waals surface area contributed by atoms with Gasteiger partial charge < -0.3 is 19.5 Å². The number of carboxylic acid groups (broad SMARTS) is 1. The summed E-state index contributed by atoms with van der Waals surface area (Å²) in [4.78, 5) is 32.5. The van der Waals surface area contributed by atoms with Crippen LogP contribution in [0.15, 0.2) is 36.4 Å². The van der Waals surface area contributed by atoms with E-state index in [0.29, 0.717) is 42.2 Å². The first kappa shape index (κ1) is 30.2. The fourth-order valence-electron chi connectivity index (χ4n) is 5.54. The van der Waals surface area contributed by atoms with E-state index in [2.05, 4.69) is 10.1 Å². The van der Waals surface area contributed by atoms with Crippen LogP contribution in [0.3, 0.4) is 0 Å². The quantitative estimate of drug-likeness (QED) is 0.282. The van der Waals surface area contributed by atoms with Gasteiger partial charge in [0.1, 0.15) is 0 Å². The van der Waals surface area contributed by atoms with E-state index in [1.165, 1.54) is 10.6 Å². The molecular formula is C33H37FN4O5. The fourth-order valence-corrected chi connectivity index (χ4v) is 5.54. The smallest absolute Gasteiger partial charge is 0.337 e. The van der Waals surface area contributed by atoms with Crippen molar-refractivity contribution in [2.75, 3.05) is 13.7 Å². The molecule has 1 aliphatic heterocycles. The summed E-state index contributed by atoms with van der Waals surface area (Å²) in [5.41, 5.74) is 4.55. The van der Waals surface area contributed by atoms with Crippen LogP contribution in [-0.4, -0.2) is 55.7 Å². The summed E-state index contributed by atoms with van der Waals surface area (Å²) >= 11 is 0. The van der Waals surface area contributed by atoms with Gasteiger partial charge in [0, 0.05) is 42.0 Å². The Hall–Kier alpha value is -4.31. The summed E-state index contributed by atoms with van der Waals surface area (Å²) in [6.45, 7) is 11.6. The van der Waals surface area contributed by atoms with E-state index in [0.717, 1.165) is 28.7 Å². The second-order valence-electron chi connectivity index (χ2n) is 12.1. The van der Waals surface area contributed by atoms with E-state index in [9.17, 15) is 14.7 Å². The largest absolute Gasteiger partial charge is 0.490 e. The highest BCUT2D eigenvalue weighted by atomic mass is 19.1. The van der Waals surface area contributed by atoms with Crippen LogP contribution in [0.2, 0.25) is 0 Å². The zero-order valence-corrected chi connectivity index (χ0v) is 25.6. The Bertz CT molecular complexity index is 1720. The van der Waals surface area contributed by atoms with Crippen LogP contribution in [0.5, 0.6) is 5.75 Å². The lowest BCUT2D eigenvalue weighted by Gasteiger charge is -2.28. The summed E-state index contributed by atoms with van der Waals surface area (Å²) in [5, 5.41) is 15.0. The van der Waals surface area contributed by atoms with Crippen molar-refractivity contribution in [3.05, 3.63) is 81.4 Å². The number of ether oxygens (including phenoxy) is 2. The molecule has 4 aromatic rings. The number of carbonyl (C=O) groups is 2. The van der Waals surface area contributed by atoms with Gasteiger partial charge in [-0.15, -0.1) is 0 Å².